The number of halogens is 3. The zero-order valence-corrected chi connectivity index (χ0v) is 10.3. The molecule has 0 saturated carbocycles. The monoisotopic (exact) mass is 319 g/mol. The summed E-state index contributed by atoms with van der Waals surface area (Å²) < 4.78 is 62.1. The molecule has 1 aliphatic rings. The Labute approximate surface area is 110 Å². The van der Waals surface area contributed by atoms with Crippen molar-refractivity contribution in [2.75, 3.05) is 6.54 Å². The van der Waals surface area contributed by atoms with Gasteiger partial charge in [-0.1, -0.05) is 6.08 Å². The molecular weight excluding hydrogens is 311 g/mol. The molecule has 1 aliphatic heterocycles. The summed E-state index contributed by atoms with van der Waals surface area (Å²) >= 11 is 0. The van der Waals surface area contributed by atoms with Crippen molar-refractivity contribution in [2.45, 2.75) is 18.2 Å². The van der Waals surface area contributed by atoms with E-state index in [1.54, 1.807) is 0 Å². The zero-order chi connectivity index (χ0) is 15.7. The molecule has 0 radical (unpaired) electrons. The lowest BCUT2D eigenvalue weighted by Gasteiger charge is -2.31. The molecule has 0 spiro atoms. The van der Waals surface area contributed by atoms with Crippen LogP contribution in [0.2, 0.25) is 0 Å². The van der Waals surface area contributed by atoms with Gasteiger partial charge in [0.05, 0.1) is 5.57 Å². The van der Waals surface area contributed by atoms with Crippen LogP contribution in [0.25, 0.3) is 0 Å². The molecule has 0 aromatic rings. The highest BCUT2D eigenvalue weighted by Crippen LogP contribution is 2.29. The minimum atomic E-state index is -6.14. The Kier molecular flexibility index (Phi) is 4.29. The third kappa shape index (κ3) is 3.19. The topological polar surface area (TPSA) is 121 Å². The summed E-state index contributed by atoms with van der Waals surface area (Å²) in [5.41, 5.74) is -6.69. The van der Waals surface area contributed by atoms with Crippen LogP contribution in [0.15, 0.2) is 11.6 Å². The van der Waals surface area contributed by atoms with Gasteiger partial charge >= 0.3 is 27.7 Å². The van der Waals surface area contributed by atoms with Gasteiger partial charge in [-0.05, 0) is 6.42 Å². The standard InChI is InChI=1S/C8H8F3NO7S/c9-8(10,11)20(17,18)19-5-4(6(13)14)2-1-3-12(5)7(15)16/h2,5H,1,3H2,(H,13,14)(H,15,16). The van der Waals surface area contributed by atoms with E-state index in [1.165, 1.54) is 0 Å². The molecule has 0 aromatic heterocycles. The van der Waals surface area contributed by atoms with Crippen LogP contribution >= 0.6 is 0 Å². The molecule has 8 nitrogen and oxygen atoms in total. The maximum absolute atomic E-state index is 12.2. The maximum atomic E-state index is 12.2. The number of nitrogens with zero attached hydrogens (tertiary/aromatic N) is 1. The third-order valence-electron chi connectivity index (χ3n) is 2.28. The van der Waals surface area contributed by atoms with Crippen LogP contribution in [0, 0.1) is 0 Å². The summed E-state index contributed by atoms with van der Waals surface area (Å²) in [5.74, 6) is -1.78. The fraction of sp³-hybridized carbons (Fsp3) is 0.500. The Morgan fingerprint density at radius 3 is 2.30 bits per heavy atom. The number of carbonyl (C=O) groups is 2. The number of hydrogen-bond donors (Lipinski definition) is 2. The molecule has 2 N–H and O–H groups in total. The van der Waals surface area contributed by atoms with Crippen molar-refractivity contribution in [3.63, 3.8) is 0 Å². The highest BCUT2D eigenvalue weighted by Gasteiger charge is 2.51. The van der Waals surface area contributed by atoms with Gasteiger partial charge in [-0.2, -0.15) is 21.6 Å². The van der Waals surface area contributed by atoms with Crippen molar-refractivity contribution in [2.24, 2.45) is 0 Å². The second-order valence-corrected chi connectivity index (χ2v) is 5.14. The van der Waals surface area contributed by atoms with Gasteiger partial charge in [0.2, 0.25) is 0 Å². The average Bonchev–Trinajstić information content (AvgIpc) is 2.26. The normalized spacial score (nSPS) is 20.4. The Hall–Kier alpha value is -1.82. The Morgan fingerprint density at radius 2 is 1.90 bits per heavy atom. The smallest absolute Gasteiger partial charge is 0.478 e. The fourth-order valence-electron chi connectivity index (χ4n) is 1.41. The first-order valence-electron chi connectivity index (χ1n) is 4.90. The van der Waals surface area contributed by atoms with E-state index in [0.29, 0.717) is 0 Å². The van der Waals surface area contributed by atoms with Gasteiger partial charge in [0.15, 0.2) is 6.23 Å². The van der Waals surface area contributed by atoms with E-state index in [4.69, 9.17) is 10.2 Å². The van der Waals surface area contributed by atoms with Gasteiger partial charge in [0.25, 0.3) is 0 Å². The molecule has 0 aromatic carbocycles. The SMILES string of the molecule is O=C(O)C1=CCCN(C(=O)O)C1OS(=O)(=O)C(F)(F)F. The van der Waals surface area contributed by atoms with Crippen LogP contribution in [0.3, 0.4) is 0 Å². The van der Waals surface area contributed by atoms with Crippen LogP contribution in [-0.2, 0) is 19.1 Å². The molecule has 12 heteroatoms. The van der Waals surface area contributed by atoms with E-state index in [0.717, 1.165) is 6.08 Å². The summed E-state index contributed by atoms with van der Waals surface area (Å²) in [6, 6.07) is 0. The zero-order valence-electron chi connectivity index (χ0n) is 9.49. The van der Waals surface area contributed by atoms with Crippen molar-refractivity contribution in [1.29, 1.82) is 0 Å². The number of hydrogen-bond acceptors (Lipinski definition) is 5. The van der Waals surface area contributed by atoms with Crippen molar-refractivity contribution < 1.29 is 45.6 Å². The first kappa shape index (κ1) is 16.2. The van der Waals surface area contributed by atoms with Crippen LogP contribution in [-0.4, -0.2) is 53.9 Å². The maximum Gasteiger partial charge on any atom is 0.523 e. The minimum Gasteiger partial charge on any atom is -0.478 e. The van der Waals surface area contributed by atoms with Gasteiger partial charge in [-0.15, -0.1) is 0 Å². The highest BCUT2D eigenvalue weighted by molar-refractivity contribution is 7.87. The fourth-order valence-corrected chi connectivity index (χ4v) is 1.97. The molecule has 1 unspecified atom stereocenters. The Balaban J connectivity index is 3.19. The van der Waals surface area contributed by atoms with E-state index in [1.807, 2.05) is 0 Å². The van der Waals surface area contributed by atoms with Crippen LogP contribution in [0.1, 0.15) is 6.42 Å². The van der Waals surface area contributed by atoms with Crippen molar-refractivity contribution in [3.8, 4) is 0 Å². The largest absolute Gasteiger partial charge is 0.523 e. The summed E-state index contributed by atoms with van der Waals surface area (Å²) in [6.45, 7) is -0.399. The van der Waals surface area contributed by atoms with E-state index in [-0.39, 0.29) is 11.3 Å². The van der Waals surface area contributed by atoms with Gasteiger partial charge in [0.1, 0.15) is 0 Å². The number of carboxylic acid groups (broad SMARTS) is 2. The third-order valence-corrected chi connectivity index (χ3v) is 3.28. The molecular formula is C8H8F3NO7S. The number of rotatable bonds is 3. The van der Waals surface area contributed by atoms with Crippen LogP contribution < -0.4 is 0 Å². The number of amides is 1. The lowest BCUT2D eigenvalue weighted by atomic mass is 10.1. The predicted molar refractivity (Wildman–Crippen MR) is 54.9 cm³/mol. The lowest BCUT2D eigenvalue weighted by molar-refractivity contribution is -0.135. The summed E-state index contributed by atoms with van der Waals surface area (Å²) in [4.78, 5) is 21.8. The Bertz CT molecular complexity index is 553. The molecule has 1 atom stereocenters. The molecule has 114 valence electrons. The second kappa shape index (κ2) is 5.28. The molecule has 20 heavy (non-hydrogen) atoms. The van der Waals surface area contributed by atoms with E-state index >= 15 is 0 Å². The van der Waals surface area contributed by atoms with Crippen LogP contribution in [0.4, 0.5) is 18.0 Å². The number of carboxylic acids is 1. The van der Waals surface area contributed by atoms with E-state index in [2.05, 4.69) is 4.18 Å². The molecule has 0 bridgehead atoms. The van der Waals surface area contributed by atoms with Gasteiger partial charge in [-0.25, -0.2) is 13.8 Å². The lowest BCUT2D eigenvalue weighted by Crippen LogP contribution is -2.48. The summed E-state index contributed by atoms with van der Waals surface area (Å²) in [6.07, 6.45) is -3.39. The summed E-state index contributed by atoms with van der Waals surface area (Å²) in [5, 5.41) is 17.5. The Morgan fingerprint density at radius 1 is 1.35 bits per heavy atom. The molecule has 0 fully saturated rings. The summed E-state index contributed by atoms with van der Waals surface area (Å²) in [7, 11) is -6.14. The molecule has 1 amide bonds. The number of alkyl halides is 3. The van der Waals surface area contributed by atoms with E-state index < -0.39 is 46.0 Å². The van der Waals surface area contributed by atoms with Crippen molar-refractivity contribution >= 4 is 22.2 Å². The minimum absolute atomic E-state index is 0.0974. The quantitative estimate of drug-likeness (QED) is 0.576. The molecule has 1 heterocycles. The van der Waals surface area contributed by atoms with Crippen LogP contribution in [0.5, 0.6) is 0 Å². The van der Waals surface area contributed by atoms with E-state index in [9.17, 15) is 31.2 Å². The van der Waals surface area contributed by atoms with Crippen molar-refractivity contribution in [1.82, 2.24) is 4.90 Å². The van der Waals surface area contributed by atoms with Gasteiger partial charge in [0, 0.05) is 6.54 Å². The molecule has 1 rings (SSSR count). The first-order valence-corrected chi connectivity index (χ1v) is 6.30. The number of aliphatic carboxylic acids is 1. The predicted octanol–water partition coefficient (Wildman–Crippen LogP) is 0.573. The average molecular weight is 319 g/mol. The second-order valence-electron chi connectivity index (χ2n) is 3.58. The molecule has 0 saturated heterocycles. The first-order chi connectivity index (χ1) is 8.97. The van der Waals surface area contributed by atoms with Gasteiger partial charge in [-0.3, -0.25) is 4.90 Å². The van der Waals surface area contributed by atoms with Crippen molar-refractivity contribution in [3.05, 3.63) is 11.6 Å². The van der Waals surface area contributed by atoms with Gasteiger partial charge < -0.3 is 10.2 Å². The molecule has 0 aliphatic carbocycles. The highest BCUT2D eigenvalue weighted by atomic mass is 32.2.